The number of hydrogen-bond donors (Lipinski definition) is 1. The van der Waals surface area contributed by atoms with Gasteiger partial charge in [-0.25, -0.2) is 4.98 Å². The van der Waals surface area contributed by atoms with Crippen LogP contribution in [-0.2, 0) is 4.74 Å². The van der Waals surface area contributed by atoms with Crippen LogP contribution < -0.4 is 5.73 Å². The molecule has 1 aromatic rings. The van der Waals surface area contributed by atoms with Crippen molar-refractivity contribution in [3.8, 4) is 0 Å². The van der Waals surface area contributed by atoms with Crippen molar-refractivity contribution in [3.05, 3.63) is 23.8 Å². The number of carbonyl (C=O) groups is 1. The van der Waals surface area contributed by atoms with Gasteiger partial charge < -0.3 is 10.5 Å². The lowest BCUT2D eigenvalue weighted by Crippen LogP contribution is -2.29. The van der Waals surface area contributed by atoms with Crippen molar-refractivity contribution < 1.29 is 9.53 Å². The smallest absolute Gasteiger partial charge is 0.269 e. The average molecular weight is 179 g/mol. The molecule has 13 heavy (non-hydrogen) atoms. The number of rotatable bonds is 2. The lowest BCUT2D eigenvalue weighted by atomic mass is 10.0. The van der Waals surface area contributed by atoms with Gasteiger partial charge in [0.15, 0.2) is 0 Å². The van der Waals surface area contributed by atoms with Crippen molar-refractivity contribution in [2.45, 2.75) is 5.92 Å². The van der Waals surface area contributed by atoms with Crippen LogP contribution in [0.3, 0.4) is 0 Å². The molecule has 2 rings (SSSR count). The molecule has 5 nitrogen and oxygen atoms in total. The van der Waals surface area contributed by atoms with Gasteiger partial charge in [0.05, 0.1) is 24.8 Å². The molecule has 2 heterocycles. The quantitative estimate of drug-likeness (QED) is 0.675. The van der Waals surface area contributed by atoms with E-state index < -0.39 is 5.91 Å². The van der Waals surface area contributed by atoms with Gasteiger partial charge in [-0.2, -0.15) is 0 Å². The summed E-state index contributed by atoms with van der Waals surface area (Å²) in [5.41, 5.74) is 6.06. The molecule has 1 fully saturated rings. The summed E-state index contributed by atoms with van der Waals surface area (Å²) in [7, 11) is 0. The Bertz CT molecular complexity index is 336. The van der Waals surface area contributed by atoms with Crippen molar-refractivity contribution in [2.24, 2.45) is 5.73 Å². The summed E-state index contributed by atoms with van der Waals surface area (Å²) in [6.07, 6.45) is 3.02. The van der Waals surface area contributed by atoms with E-state index in [2.05, 4.69) is 9.97 Å². The molecule has 0 radical (unpaired) electrons. The fraction of sp³-hybridized carbons (Fsp3) is 0.375. The topological polar surface area (TPSA) is 78.1 Å². The third-order valence-corrected chi connectivity index (χ3v) is 1.98. The third-order valence-electron chi connectivity index (χ3n) is 1.98. The summed E-state index contributed by atoms with van der Waals surface area (Å²) in [5.74, 6) is -0.355. The Morgan fingerprint density at radius 2 is 2.15 bits per heavy atom. The molecule has 0 aliphatic carbocycles. The summed E-state index contributed by atoms with van der Waals surface area (Å²) in [5, 5.41) is 0. The first-order valence-corrected chi connectivity index (χ1v) is 3.97. The zero-order valence-corrected chi connectivity index (χ0v) is 6.93. The molecule has 1 aliphatic rings. The predicted molar refractivity (Wildman–Crippen MR) is 44.1 cm³/mol. The van der Waals surface area contributed by atoms with Crippen LogP contribution in [0.2, 0.25) is 0 Å². The van der Waals surface area contributed by atoms with Gasteiger partial charge in [-0.05, 0) is 0 Å². The molecule has 1 saturated heterocycles. The van der Waals surface area contributed by atoms with E-state index in [-0.39, 0.29) is 11.6 Å². The highest BCUT2D eigenvalue weighted by Gasteiger charge is 2.26. The molecule has 0 bridgehead atoms. The molecule has 2 N–H and O–H groups in total. The van der Waals surface area contributed by atoms with Crippen LogP contribution >= 0.6 is 0 Å². The van der Waals surface area contributed by atoms with E-state index in [4.69, 9.17) is 10.5 Å². The van der Waals surface area contributed by atoms with Crippen molar-refractivity contribution in [2.75, 3.05) is 13.2 Å². The Labute approximate surface area is 74.9 Å². The minimum Gasteiger partial charge on any atom is -0.380 e. The minimum absolute atomic E-state index is 0.177. The van der Waals surface area contributed by atoms with Crippen LogP contribution in [0.25, 0.3) is 0 Å². The molecular weight excluding hydrogens is 170 g/mol. The van der Waals surface area contributed by atoms with Crippen LogP contribution in [0.4, 0.5) is 0 Å². The molecule has 1 aliphatic heterocycles. The first kappa shape index (κ1) is 8.12. The molecule has 0 atom stereocenters. The van der Waals surface area contributed by atoms with Crippen molar-refractivity contribution in [1.29, 1.82) is 0 Å². The Kier molecular flexibility index (Phi) is 1.94. The van der Waals surface area contributed by atoms with Gasteiger partial charge in [-0.1, -0.05) is 0 Å². The molecular formula is C8H9N3O2. The predicted octanol–water partition coefficient (Wildman–Crippen LogP) is -0.311. The van der Waals surface area contributed by atoms with E-state index in [1.54, 1.807) is 6.20 Å². The summed E-state index contributed by atoms with van der Waals surface area (Å²) in [6.45, 7) is 1.19. The van der Waals surface area contributed by atoms with Gasteiger partial charge in [-0.15, -0.1) is 0 Å². The summed E-state index contributed by atoms with van der Waals surface area (Å²) >= 11 is 0. The monoisotopic (exact) mass is 179 g/mol. The molecule has 0 saturated carbocycles. The Morgan fingerprint density at radius 1 is 1.46 bits per heavy atom. The van der Waals surface area contributed by atoms with E-state index >= 15 is 0 Å². The van der Waals surface area contributed by atoms with Gasteiger partial charge in [-0.3, -0.25) is 9.78 Å². The number of nitrogens with zero attached hydrogens (tertiary/aromatic N) is 2. The highest BCUT2D eigenvalue weighted by molar-refractivity contribution is 5.91. The van der Waals surface area contributed by atoms with Gasteiger partial charge >= 0.3 is 0 Å². The van der Waals surface area contributed by atoms with E-state index in [1.807, 2.05) is 0 Å². The molecule has 1 aromatic heterocycles. The van der Waals surface area contributed by atoms with Crippen molar-refractivity contribution in [1.82, 2.24) is 9.97 Å². The van der Waals surface area contributed by atoms with Gasteiger partial charge in [0, 0.05) is 12.4 Å². The van der Waals surface area contributed by atoms with Crippen LogP contribution in [0.1, 0.15) is 22.1 Å². The van der Waals surface area contributed by atoms with Crippen LogP contribution in [-0.4, -0.2) is 29.1 Å². The van der Waals surface area contributed by atoms with E-state index in [0.29, 0.717) is 18.9 Å². The number of ether oxygens (including phenoxy) is 1. The van der Waals surface area contributed by atoms with Gasteiger partial charge in [0.25, 0.3) is 5.91 Å². The van der Waals surface area contributed by atoms with Gasteiger partial charge in [0.2, 0.25) is 0 Å². The number of primary amides is 1. The molecule has 0 aromatic carbocycles. The fourth-order valence-corrected chi connectivity index (χ4v) is 1.23. The highest BCUT2D eigenvalue weighted by Crippen LogP contribution is 2.23. The highest BCUT2D eigenvalue weighted by atomic mass is 16.5. The van der Waals surface area contributed by atoms with Crippen LogP contribution in [0.5, 0.6) is 0 Å². The summed E-state index contributed by atoms with van der Waals surface area (Å²) in [6, 6.07) is 0. The maximum Gasteiger partial charge on any atom is 0.269 e. The van der Waals surface area contributed by atoms with Gasteiger partial charge in [0.1, 0.15) is 5.69 Å². The standard InChI is InChI=1S/C8H9N3O2/c9-8(12)7-6(5-3-13-4-5)10-1-2-11-7/h1-2,5H,3-4H2,(H2,9,12). The second kappa shape index (κ2) is 3.10. The zero-order valence-electron chi connectivity index (χ0n) is 6.93. The molecule has 5 heteroatoms. The minimum atomic E-state index is -0.532. The maximum atomic E-state index is 10.9. The van der Waals surface area contributed by atoms with Crippen molar-refractivity contribution >= 4 is 5.91 Å². The average Bonchev–Trinajstić information content (AvgIpc) is 2.02. The fourth-order valence-electron chi connectivity index (χ4n) is 1.23. The number of carbonyl (C=O) groups excluding carboxylic acids is 1. The first-order chi connectivity index (χ1) is 6.29. The molecule has 0 spiro atoms. The van der Waals surface area contributed by atoms with E-state index in [9.17, 15) is 4.79 Å². The second-order valence-corrected chi connectivity index (χ2v) is 2.89. The third kappa shape index (κ3) is 1.38. The van der Waals surface area contributed by atoms with E-state index in [0.717, 1.165) is 0 Å². The molecule has 1 amide bonds. The number of amides is 1. The normalized spacial score (nSPS) is 16.6. The lowest BCUT2D eigenvalue weighted by Gasteiger charge is -2.25. The lowest BCUT2D eigenvalue weighted by molar-refractivity contribution is 0.00623. The zero-order chi connectivity index (χ0) is 9.26. The molecule has 68 valence electrons. The SMILES string of the molecule is NC(=O)c1nccnc1C1COC1. The Morgan fingerprint density at radius 3 is 2.69 bits per heavy atom. The first-order valence-electron chi connectivity index (χ1n) is 3.97. The Hall–Kier alpha value is -1.49. The number of hydrogen-bond acceptors (Lipinski definition) is 4. The molecule has 0 unspecified atom stereocenters. The number of nitrogens with two attached hydrogens (primary N) is 1. The summed E-state index contributed by atoms with van der Waals surface area (Å²) < 4.78 is 5.00. The number of aromatic nitrogens is 2. The Balaban J connectivity index is 2.36. The van der Waals surface area contributed by atoms with Crippen LogP contribution in [0, 0.1) is 0 Å². The maximum absolute atomic E-state index is 10.9. The van der Waals surface area contributed by atoms with E-state index in [1.165, 1.54) is 6.20 Å². The largest absolute Gasteiger partial charge is 0.380 e. The summed E-state index contributed by atoms with van der Waals surface area (Å²) in [4.78, 5) is 18.9. The second-order valence-electron chi connectivity index (χ2n) is 2.89. The van der Waals surface area contributed by atoms with Crippen LogP contribution in [0.15, 0.2) is 12.4 Å². The van der Waals surface area contributed by atoms with Crippen molar-refractivity contribution in [3.63, 3.8) is 0 Å².